The summed E-state index contributed by atoms with van der Waals surface area (Å²) in [6.45, 7) is 6.30. The third-order valence-corrected chi connectivity index (χ3v) is 3.36. The van der Waals surface area contributed by atoms with Gasteiger partial charge in [-0.25, -0.2) is 4.98 Å². The van der Waals surface area contributed by atoms with Gasteiger partial charge in [0.05, 0.1) is 0 Å². The SMILES string of the molecule is CC(C)CNCc1cnc(Cc2ccc(Br)cc2)[nH]1. The topological polar surface area (TPSA) is 40.7 Å². The molecule has 0 atom stereocenters. The summed E-state index contributed by atoms with van der Waals surface area (Å²) in [6, 6.07) is 8.35. The fraction of sp³-hybridized carbons (Fsp3) is 0.400. The molecule has 0 unspecified atom stereocenters. The molecule has 1 aromatic heterocycles. The highest BCUT2D eigenvalue weighted by Crippen LogP contribution is 2.13. The summed E-state index contributed by atoms with van der Waals surface area (Å²) in [5, 5.41) is 3.41. The third kappa shape index (κ3) is 4.80. The first-order valence-corrected chi connectivity index (χ1v) is 7.40. The number of hydrogen-bond donors (Lipinski definition) is 2. The number of benzene rings is 1. The summed E-state index contributed by atoms with van der Waals surface area (Å²) in [6.07, 6.45) is 2.76. The van der Waals surface area contributed by atoms with Crippen LogP contribution in [-0.2, 0) is 13.0 Å². The van der Waals surface area contributed by atoms with Crippen LogP contribution in [0.3, 0.4) is 0 Å². The number of H-pyrrole nitrogens is 1. The van der Waals surface area contributed by atoms with Crippen molar-refractivity contribution in [1.82, 2.24) is 15.3 Å². The van der Waals surface area contributed by atoms with Crippen molar-refractivity contribution >= 4 is 15.9 Å². The molecule has 0 amide bonds. The molecule has 0 fully saturated rings. The van der Waals surface area contributed by atoms with E-state index in [9.17, 15) is 0 Å². The highest BCUT2D eigenvalue weighted by molar-refractivity contribution is 9.10. The Labute approximate surface area is 123 Å². The maximum atomic E-state index is 4.42. The number of imidazole rings is 1. The van der Waals surface area contributed by atoms with Crippen LogP contribution >= 0.6 is 15.9 Å². The molecule has 0 aliphatic heterocycles. The maximum Gasteiger partial charge on any atom is 0.110 e. The molecule has 0 saturated carbocycles. The number of nitrogens with one attached hydrogen (secondary N) is 2. The van der Waals surface area contributed by atoms with Gasteiger partial charge in [-0.3, -0.25) is 0 Å². The van der Waals surface area contributed by atoms with E-state index in [2.05, 4.69) is 69.3 Å². The molecular formula is C15H20BrN3. The fourth-order valence-electron chi connectivity index (χ4n) is 1.88. The highest BCUT2D eigenvalue weighted by atomic mass is 79.9. The van der Waals surface area contributed by atoms with Crippen molar-refractivity contribution in [3.8, 4) is 0 Å². The molecule has 4 heteroatoms. The Morgan fingerprint density at radius 2 is 2.00 bits per heavy atom. The van der Waals surface area contributed by atoms with E-state index in [1.165, 1.54) is 5.56 Å². The van der Waals surface area contributed by atoms with Crippen LogP contribution in [0.5, 0.6) is 0 Å². The fourth-order valence-corrected chi connectivity index (χ4v) is 2.14. The molecule has 2 rings (SSSR count). The van der Waals surface area contributed by atoms with Gasteiger partial charge in [-0.2, -0.15) is 0 Å². The molecule has 2 N–H and O–H groups in total. The minimum absolute atomic E-state index is 0.671. The minimum atomic E-state index is 0.671. The standard InChI is InChI=1S/C15H20BrN3/c1-11(2)8-17-9-14-10-18-15(19-14)7-12-3-5-13(16)6-4-12/h3-6,10-11,17H,7-9H2,1-2H3,(H,18,19). The van der Waals surface area contributed by atoms with Crippen molar-refractivity contribution in [3.63, 3.8) is 0 Å². The summed E-state index contributed by atoms with van der Waals surface area (Å²) < 4.78 is 1.11. The van der Waals surface area contributed by atoms with Gasteiger partial charge in [0, 0.05) is 29.3 Å². The van der Waals surface area contributed by atoms with E-state index in [1.54, 1.807) is 0 Å². The lowest BCUT2D eigenvalue weighted by Gasteiger charge is -2.05. The van der Waals surface area contributed by atoms with Gasteiger partial charge in [0.1, 0.15) is 5.82 Å². The predicted molar refractivity (Wildman–Crippen MR) is 82.1 cm³/mol. The monoisotopic (exact) mass is 321 g/mol. The zero-order valence-corrected chi connectivity index (χ0v) is 13.0. The van der Waals surface area contributed by atoms with E-state index in [0.717, 1.165) is 35.5 Å². The van der Waals surface area contributed by atoms with Crippen molar-refractivity contribution in [2.24, 2.45) is 5.92 Å². The van der Waals surface area contributed by atoms with Crippen LogP contribution in [0.4, 0.5) is 0 Å². The number of halogens is 1. The second kappa shape index (κ2) is 6.87. The number of aromatic nitrogens is 2. The van der Waals surface area contributed by atoms with E-state index >= 15 is 0 Å². The quantitative estimate of drug-likeness (QED) is 0.854. The second-order valence-corrected chi connectivity index (χ2v) is 6.10. The molecule has 0 aliphatic rings. The van der Waals surface area contributed by atoms with Gasteiger partial charge in [-0.05, 0) is 30.2 Å². The first kappa shape index (κ1) is 14.3. The lowest BCUT2D eigenvalue weighted by molar-refractivity contribution is 0.548. The Hall–Kier alpha value is -1.13. The molecule has 0 aliphatic carbocycles. The van der Waals surface area contributed by atoms with Crippen LogP contribution in [0.2, 0.25) is 0 Å². The Kier molecular flexibility index (Phi) is 5.16. The van der Waals surface area contributed by atoms with E-state index in [-0.39, 0.29) is 0 Å². The van der Waals surface area contributed by atoms with Crippen LogP contribution in [-0.4, -0.2) is 16.5 Å². The summed E-state index contributed by atoms with van der Waals surface area (Å²) in [4.78, 5) is 7.79. The van der Waals surface area contributed by atoms with Crippen LogP contribution in [0.25, 0.3) is 0 Å². The van der Waals surface area contributed by atoms with E-state index in [1.807, 2.05) is 6.20 Å². The number of nitrogens with zero attached hydrogens (tertiary/aromatic N) is 1. The molecule has 102 valence electrons. The summed E-state index contributed by atoms with van der Waals surface area (Å²) in [7, 11) is 0. The van der Waals surface area contributed by atoms with Gasteiger partial charge >= 0.3 is 0 Å². The molecule has 3 nitrogen and oxygen atoms in total. The zero-order valence-electron chi connectivity index (χ0n) is 11.4. The lowest BCUT2D eigenvalue weighted by Crippen LogP contribution is -2.19. The average Bonchev–Trinajstić information content (AvgIpc) is 2.79. The Morgan fingerprint density at radius 3 is 2.68 bits per heavy atom. The van der Waals surface area contributed by atoms with Gasteiger partial charge in [-0.15, -0.1) is 0 Å². The first-order chi connectivity index (χ1) is 9.13. The molecule has 0 saturated heterocycles. The van der Waals surface area contributed by atoms with Crippen molar-refractivity contribution in [2.75, 3.05) is 6.54 Å². The molecule has 0 bridgehead atoms. The molecule has 19 heavy (non-hydrogen) atoms. The normalized spacial score (nSPS) is 11.2. The van der Waals surface area contributed by atoms with Crippen LogP contribution < -0.4 is 5.32 Å². The number of rotatable bonds is 6. The Bertz CT molecular complexity index is 502. The molecular weight excluding hydrogens is 302 g/mol. The largest absolute Gasteiger partial charge is 0.345 e. The first-order valence-electron chi connectivity index (χ1n) is 6.61. The molecule has 2 aromatic rings. The van der Waals surface area contributed by atoms with Gasteiger partial charge in [0.15, 0.2) is 0 Å². The minimum Gasteiger partial charge on any atom is -0.345 e. The van der Waals surface area contributed by atoms with Crippen LogP contribution in [0.1, 0.15) is 30.9 Å². The summed E-state index contributed by atoms with van der Waals surface area (Å²) in [5.74, 6) is 1.69. The van der Waals surface area contributed by atoms with Crippen molar-refractivity contribution in [3.05, 3.63) is 52.0 Å². The lowest BCUT2D eigenvalue weighted by atomic mass is 10.1. The van der Waals surface area contributed by atoms with Crippen molar-refractivity contribution in [2.45, 2.75) is 26.8 Å². The second-order valence-electron chi connectivity index (χ2n) is 5.18. The summed E-state index contributed by atoms with van der Waals surface area (Å²) >= 11 is 3.44. The van der Waals surface area contributed by atoms with E-state index in [0.29, 0.717) is 5.92 Å². The smallest absolute Gasteiger partial charge is 0.110 e. The Balaban J connectivity index is 1.88. The van der Waals surface area contributed by atoms with Crippen LogP contribution in [0.15, 0.2) is 34.9 Å². The highest BCUT2D eigenvalue weighted by Gasteiger charge is 2.02. The number of hydrogen-bond acceptors (Lipinski definition) is 2. The summed E-state index contributed by atoms with van der Waals surface area (Å²) in [5.41, 5.74) is 2.41. The van der Waals surface area contributed by atoms with Gasteiger partial charge in [-0.1, -0.05) is 41.9 Å². The van der Waals surface area contributed by atoms with Gasteiger partial charge in [0.2, 0.25) is 0 Å². The average molecular weight is 322 g/mol. The van der Waals surface area contributed by atoms with Crippen LogP contribution in [0, 0.1) is 5.92 Å². The van der Waals surface area contributed by atoms with Gasteiger partial charge in [0.25, 0.3) is 0 Å². The van der Waals surface area contributed by atoms with Crippen molar-refractivity contribution < 1.29 is 0 Å². The third-order valence-electron chi connectivity index (χ3n) is 2.83. The van der Waals surface area contributed by atoms with E-state index in [4.69, 9.17) is 0 Å². The van der Waals surface area contributed by atoms with Gasteiger partial charge < -0.3 is 10.3 Å². The van der Waals surface area contributed by atoms with E-state index < -0.39 is 0 Å². The maximum absolute atomic E-state index is 4.42. The Morgan fingerprint density at radius 1 is 1.26 bits per heavy atom. The molecule has 0 spiro atoms. The molecule has 0 radical (unpaired) electrons. The number of aromatic amines is 1. The predicted octanol–water partition coefficient (Wildman–Crippen LogP) is 3.51. The molecule has 1 aromatic carbocycles. The van der Waals surface area contributed by atoms with Crippen molar-refractivity contribution in [1.29, 1.82) is 0 Å². The molecule has 1 heterocycles. The zero-order chi connectivity index (χ0) is 13.7.